The Morgan fingerprint density at radius 3 is 2.42 bits per heavy atom. The summed E-state index contributed by atoms with van der Waals surface area (Å²) in [6.45, 7) is 1.65. The number of ether oxygens (including phenoxy) is 1. The molecular weight excluding hydrogens is 511 g/mol. The van der Waals surface area contributed by atoms with Crippen LogP contribution in [0.1, 0.15) is 57.5 Å². The van der Waals surface area contributed by atoms with Gasteiger partial charge in [-0.3, -0.25) is 18.7 Å². The number of fused-ring (bicyclic) bond motifs is 1. The first-order valence-electron chi connectivity index (χ1n) is 13.0. The lowest BCUT2D eigenvalue weighted by atomic mass is 9.90. The van der Waals surface area contributed by atoms with Gasteiger partial charge in [-0.15, -0.1) is 0 Å². The summed E-state index contributed by atoms with van der Waals surface area (Å²) < 4.78 is 22.7. The standard InChI is InChI=1S/C27H31FN4O5S/c1-16(37-22-8-6-21(33)7-9-22)25(34)30-18-2-4-19(5-3-18)32-26(35)23-14-17(28)15-29-24(23)31(27(32)36)20-10-12-38-13-11-20/h6-9,14-16,18-20,33H,2-5,10-13H2,1H3,(H,30,34)/t16-,18-,19+/m1/s1. The molecule has 1 saturated heterocycles. The topological polar surface area (TPSA) is 115 Å². The Morgan fingerprint density at radius 2 is 1.74 bits per heavy atom. The van der Waals surface area contributed by atoms with E-state index in [9.17, 15) is 23.9 Å². The molecule has 38 heavy (non-hydrogen) atoms. The molecule has 2 N–H and O–H groups in total. The maximum atomic E-state index is 14.1. The molecule has 1 aromatic carbocycles. The molecule has 3 aromatic rings. The maximum Gasteiger partial charge on any atom is 0.333 e. The largest absolute Gasteiger partial charge is 0.508 e. The monoisotopic (exact) mass is 542 g/mol. The number of benzene rings is 1. The average molecular weight is 543 g/mol. The van der Waals surface area contributed by atoms with E-state index >= 15 is 0 Å². The van der Waals surface area contributed by atoms with E-state index in [1.807, 2.05) is 11.8 Å². The fourth-order valence-electron chi connectivity index (χ4n) is 5.38. The number of amides is 1. The second-order valence-electron chi connectivity index (χ2n) is 9.96. The van der Waals surface area contributed by atoms with E-state index in [4.69, 9.17) is 4.74 Å². The van der Waals surface area contributed by atoms with E-state index in [2.05, 4.69) is 10.3 Å². The van der Waals surface area contributed by atoms with Gasteiger partial charge in [-0.05, 0) is 87.3 Å². The molecule has 1 aliphatic carbocycles. The number of hydrogen-bond acceptors (Lipinski definition) is 7. The number of pyridine rings is 1. The number of carbonyl (C=O) groups is 1. The highest BCUT2D eigenvalue weighted by Crippen LogP contribution is 2.30. The second-order valence-corrected chi connectivity index (χ2v) is 11.2. The molecule has 3 heterocycles. The number of thioether (sulfide) groups is 1. The van der Waals surface area contributed by atoms with E-state index in [0.717, 1.165) is 30.5 Å². The van der Waals surface area contributed by atoms with Crippen LogP contribution in [0, 0.1) is 5.82 Å². The minimum Gasteiger partial charge on any atom is -0.508 e. The zero-order chi connectivity index (χ0) is 26.8. The smallest absolute Gasteiger partial charge is 0.333 e. The number of nitrogens with zero attached hydrogens (tertiary/aromatic N) is 3. The molecule has 1 amide bonds. The summed E-state index contributed by atoms with van der Waals surface area (Å²) in [6.07, 6.45) is 4.15. The van der Waals surface area contributed by atoms with E-state index in [-0.39, 0.29) is 46.5 Å². The van der Waals surface area contributed by atoms with Crippen LogP contribution in [0.2, 0.25) is 0 Å². The molecule has 1 aliphatic heterocycles. The number of nitrogens with one attached hydrogen (secondary N) is 1. The van der Waals surface area contributed by atoms with Gasteiger partial charge in [0.1, 0.15) is 23.0 Å². The lowest BCUT2D eigenvalue weighted by molar-refractivity contribution is -0.128. The van der Waals surface area contributed by atoms with Gasteiger partial charge in [-0.1, -0.05) is 0 Å². The number of rotatable bonds is 6. The molecule has 9 nitrogen and oxygen atoms in total. The van der Waals surface area contributed by atoms with Crippen molar-refractivity contribution in [2.24, 2.45) is 0 Å². The SMILES string of the molecule is C[C@@H](Oc1ccc(O)cc1)C(=O)N[C@H]1CC[C@@H](n2c(=O)c3cc(F)cnc3n(C3CCSCC3)c2=O)CC1. The van der Waals surface area contributed by atoms with Crippen molar-refractivity contribution in [3.8, 4) is 11.5 Å². The first kappa shape index (κ1) is 26.3. The second kappa shape index (κ2) is 11.2. The number of carbonyl (C=O) groups excluding carboxylic acids is 1. The van der Waals surface area contributed by atoms with Gasteiger partial charge in [0.15, 0.2) is 6.10 Å². The summed E-state index contributed by atoms with van der Waals surface area (Å²) in [6, 6.07) is 6.79. The van der Waals surface area contributed by atoms with Crippen molar-refractivity contribution in [1.29, 1.82) is 0 Å². The van der Waals surface area contributed by atoms with Crippen LogP contribution in [0.5, 0.6) is 11.5 Å². The van der Waals surface area contributed by atoms with Crippen molar-refractivity contribution in [2.75, 3.05) is 11.5 Å². The normalized spacial score (nSPS) is 21.2. The molecule has 0 spiro atoms. The van der Waals surface area contributed by atoms with Gasteiger partial charge in [0.05, 0.1) is 11.6 Å². The van der Waals surface area contributed by atoms with Crippen LogP contribution in [0.15, 0.2) is 46.1 Å². The van der Waals surface area contributed by atoms with Crippen LogP contribution in [-0.4, -0.2) is 48.8 Å². The zero-order valence-corrected chi connectivity index (χ0v) is 22.0. The number of phenolic OH excluding ortho intramolecular Hbond substituents is 1. The van der Waals surface area contributed by atoms with E-state index < -0.39 is 17.5 Å². The van der Waals surface area contributed by atoms with Crippen LogP contribution in [0.25, 0.3) is 11.0 Å². The summed E-state index contributed by atoms with van der Waals surface area (Å²) in [5, 5.41) is 12.5. The predicted molar refractivity (Wildman–Crippen MR) is 143 cm³/mol. The van der Waals surface area contributed by atoms with Crippen molar-refractivity contribution in [3.63, 3.8) is 0 Å². The maximum absolute atomic E-state index is 14.1. The van der Waals surface area contributed by atoms with Crippen molar-refractivity contribution >= 4 is 28.7 Å². The van der Waals surface area contributed by atoms with Crippen molar-refractivity contribution in [3.05, 3.63) is 63.2 Å². The Morgan fingerprint density at radius 1 is 1.08 bits per heavy atom. The first-order valence-corrected chi connectivity index (χ1v) is 14.1. The molecule has 5 rings (SSSR count). The average Bonchev–Trinajstić information content (AvgIpc) is 2.92. The Hall–Kier alpha value is -3.34. The van der Waals surface area contributed by atoms with Crippen LogP contribution >= 0.6 is 11.8 Å². The van der Waals surface area contributed by atoms with E-state index in [1.54, 1.807) is 23.6 Å². The van der Waals surface area contributed by atoms with Gasteiger partial charge in [-0.25, -0.2) is 14.2 Å². The molecule has 2 fully saturated rings. The number of phenols is 1. The minimum atomic E-state index is -0.733. The Labute approximate surface area is 223 Å². The third-order valence-electron chi connectivity index (χ3n) is 7.41. The van der Waals surface area contributed by atoms with Crippen LogP contribution in [0.3, 0.4) is 0 Å². The fourth-order valence-corrected chi connectivity index (χ4v) is 6.46. The zero-order valence-electron chi connectivity index (χ0n) is 21.1. The van der Waals surface area contributed by atoms with Crippen LogP contribution in [-0.2, 0) is 4.79 Å². The molecule has 202 valence electrons. The molecular formula is C27H31FN4O5S. The molecule has 0 bridgehead atoms. The third kappa shape index (κ3) is 5.43. The van der Waals surface area contributed by atoms with Gasteiger partial charge >= 0.3 is 5.69 Å². The minimum absolute atomic E-state index is 0.0817. The number of aromatic hydroxyl groups is 1. The molecule has 2 aliphatic rings. The predicted octanol–water partition coefficient (Wildman–Crippen LogP) is 3.54. The number of halogens is 1. The Kier molecular flexibility index (Phi) is 7.73. The molecule has 11 heteroatoms. The third-order valence-corrected chi connectivity index (χ3v) is 8.45. The van der Waals surface area contributed by atoms with Crippen molar-refractivity contribution < 1.29 is 19.0 Å². The highest BCUT2D eigenvalue weighted by Gasteiger charge is 2.30. The van der Waals surface area contributed by atoms with Gasteiger partial charge in [-0.2, -0.15) is 11.8 Å². The summed E-state index contributed by atoms with van der Waals surface area (Å²) in [5.74, 6) is 1.55. The summed E-state index contributed by atoms with van der Waals surface area (Å²) in [7, 11) is 0. The first-order chi connectivity index (χ1) is 18.3. The molecule has 1 saturated carbocycles. The van der Waals surface area contributed by atoms with Crippen molar-refractivity contribution in [1.82, 2.24) is 19.4 Å². The van der Waals surface area contributed by atoms with Gasteiger partial charge in [0.25, 0.3) is 11.5 Å². The van der Waals surface area contributed by atoms with Gasteiger partial charge in [0.2, 0.25) is 0 Å². The van der Waals surface area contributed by atoms with Crippen molar-refractivity contribution in [2.45, 2.75) is 69.7 Å². The number of hydrogen-bond donors (Lipinski definition) is 2. The fraction of sp³-hybridized carbons (Fsp3) is 0.481. The highest BCUT2D eigenvalue weighted by molar-refractivity contribution is 7.99. The summed E-state index contributed by atoms with van der Waals surface area (Å²) in [4.78, 5) is 44.0. The molecule has 0 unspecified atom stereocenters. The lowest BCUT2D eigenvalue weighted by Gasteiger charge is -2.32. The van der Waals surface area contributed by atoms with Crippen LogP contribution < -0.4 is 21.3 Å². The quantitative estimate of drug-likeness (QED) is 0.490. The lowest BCUT2D eigenvalue weighted by Crippen LogP contribution is -2.47. The highest BCUT2D eigenvalue weighted by atomic mass is 32.2. The Balaban J connectivity index is 1.32. The summed E-state index contributed by atoms with van der Waals surface area (Å²) >= 11 is 1.83. The molecule has 1 atom stereocenters. The van der Waals surface area contributed by atoms with E-state index in [0.29, 0.717) is 31.4 Å². The van der Waals surface area contributed by atoms with E-state index in [1.165, 1.54) is 22.8 Å². The number of aromatic nitrogens is 3. The van der Waals surface area contributed by atoms with Crippen LogP contribution in [0.4, 0.5) is 4.39 Å². The van der Waals surface area contributed by atoms with Gasteiger partial charge < -0.3 is 15.2 Å². The molecule has 0 radical (unpaired) electrons. The molecule has 2 aromatic heterocycles. The summed E-state index contributed by atoms with van der Waals surface area (Å²) in [5.41, 5.74) is -0.651. The Bertz CT molecular complexity index is 1430. The van der Waals surface area contributed by atoms with Gasteiger partial charge in [0, 0.05) is 18.1 Å².